The Labute approximate surface area is 277 Å². The maximum Gasteiger partial charge on any atom is 0.335 e. The van der Waals surface area contributed by atoms with E-state index in [2.05, 4.69) is 20.4 Å². The van der Waals surface area contributed by atoms with Gasteiger partial charge >= 0.3 is 5.97 Å². The van der Waals surface area contributed by atoms with Crippen molar-refractivity contribution in [1.29, 1.82) is 0 Å². The lowest BCUT2D eigenvalue weighted by Crippen LogP contribution is -2.60. The van der Waals surface area contributed by atoms with E-state index in [1.54, 1.807) is 41.3 Å². The number of hydrogen-bond donors (Lipinski definition) is 2. The SMILES string of the molecule is NC1CCN([C@@H]2C[C@H](c3ccccc3)[C@H](C(=O)Cc3ccc(C(=O)O)cc3)N(C(=O)/C=C/c3cc(Cl)ccc3-n3cnnn3)C2)CC1. The van der Waals surface area contributed by atoms with Crippen LogP contribution in [-0.4, -0.2) is 90.5 Å². The summed E-state index contributed by atoms with van der Waals surface area (Å²) in [5.74, 6) is -1.70. The first kappa shape index (κ1) is 32.2. The van der Waals surface area contributed by atoms with Crippen molar-refractivity contribution in [2.75, 3.05) is 19.6 Å². The molecule has 47 heavy (non-hydrogen) atoms. The number of halogens is 1. The number of carboxylic acid groups (broad SMARTS) is 1. The Morgan fingerprint density at radius 3 is 2.43 bits per heavy atom. The van der Waals surface area contributed by atoms with Crippen molar-refractivity contribution in [2.45, 2.75) is 49.7 Å². The molecular weight excluding hydrogens is 618 g/mol. The molecule has 6 rings (SSSR count). The first-order chi connectivity index (χ1) is 22.8. The number of ketones is 1. The molecule has 3 aromatic carbocycles. The van der Waals surface area contributed by atoms with Crippen LogP contribution in [0.3, 0.4) is 0 Å². The van der Waals surface area contributed by atoms with Crippen molar-refractivity contribution in [3.8, 4) is 5.69 Å². The average molecular weight is 654 g/mol. The van der Waals surface area contributed by atoms with Gasteiger partial charge < -0.3 is 15.7 Å². The molecule has 2 aliphatic rings. The first-order valence-electron chi connectivity index (χ1n) is 15.7. The molecule has 0 radical (unpaired) electrons. The number of rotatable bonds is 9. The van der Waals surface area contributed by atoms with Gasteiger partial charge in [0.1, 0.15) is 6.33 Å². The summed E-state index contributed by atoms with van der Waals surface area (Å²) in [7, 11) is 0. The monoisotopic (exact) mass is 653 g/mol. The molecule has 242 valence electrons. The first-order valence-corrected chi connectivity index (χ1v) is 16.1. The summed E-state index contributed by atoms with van der Waals surface area (Å²) in [5.41, 5.74) is 9.34. The zero-order valence-corrected chi connectivity index (χ0v) is 26.5. The second-order valence-corrected chi connectivity index (χ2v) is 12.6. The summed E-state index contributed by atoms with van der Waals surface area (Å²) in [4.78, 5) is 44.2. The number of carboxylic acids is 1. The summed E-state index contributed by atoms with van der Waals surface area (Å²) in [5, 5.41) is 21.3. The van der Waals surface area contributed by atoms with Crippen molar-refractivity contribution < 1.29 is 19.5 Å². The highest BCUT2D eigenvalue weighted by atomic mass is 35.5. The molecule has 2 fully saturated rings. The van der Waals surface area contributed by atoms with Gasteiger partial charge in [0.25, 0.3) is 0 Å². The van der Waals surface area contributed by atoms with Gasteiger partial charge in [-0.15, -0.1) is 5.10 Å². The summed E-state index contributed by atoms with van der Waals surface area (Å²) in [6, 6.07) is 20.9. The minimum absolute atomic E-state index is 0.0342. The van der Waals surface area contributed by atoms with Crippen LogP contribution in [0.25, 0.3) is 11.8 Å². The Morgan fingerprint density at radius 2 is 1.74 bits per heavy atom. The number of carbonyl (C=O) groups is 3. The average Bonchev–Trinajstić information content (AvgIpc) is 3.62. The third-order valence-corrected chi connectivity index (χ3v) is 9.39. The van der Waals surface area contributed by atoms with E-state index in [4.69, 9.17) is 17.3 Å². The van der Waals surface area contributed by atoms with Crippen LogP contribution in [0.1, 0.15) is 52.2 Å². The number of Topliss-reactive ketones (excluding diaryl/α,β-unsaturated/α-hetero) is 1. The third kappa shape index (κ3) is 7.48. The minimum Gasteiger partial charge on any atom is -0.478 e. The number of hydrogen-bond acceptors (Lipinski definition) is 8. The summed E-state index contributed by atoms with van der Waals surface area (Å²) >= 11 is 6.33. The van der Waals surface area contributed by atoms with Gasteiger partial charge in [-0.05, 0) is 90.3 Å². The number of aromatic carboxylic acids is 1. The summed E-state index contributed by atoms with van der Waals surface area (Å²) in [6.07, 6.45) is 7.15. The molecule has 0 spiro atoms. The van der Waals surface area contributed by atoms with Gasteiger partial charge in [-0.2, -0.15) is 4.68 Å². The molecule has 2 aliphatic heterocycles. The molecule has 0 aliphatic carbocycles. The molecule has 0 unspecified atom stereocenters. The highest BCUT2D eigenvalue weighted by Crippen LogP contribution is 2.37. The molecule has 4 aromatic rings. The van der Waals surface area contributed by atoms with Crippen LogP contribution in [0.15, 0.2) is 85.2 Å². The molecule has 0 bridgehead atoms. The molecule has 2 saturated heterocycles. The zero-order valence-electron chi connectivity index (χ0n) is 25.7. The van der Waals surface area contributed by atoms with Crippen molar-refractivity contribution in [3.63, 3.8) is 0 Å². The van der Waals surface area contributed by atoms with E-state index in [1.807, 2.05) is 30.3 Å². The van der Waals surface area contributed by atoms with Crippen molar-refractivity contribution in [3.05, 3.63) is 112 Å². The predicted octanol–water partition coefficient (Wildman–Crippen LogP) is 4.02. The fraction of sp³-hybridized carbons (Fsp3) is 0.314. The number of amides is 1. The molecule has 11 nitrogen and oxygen atoms in total. The van der Waals surface area contributed by atoms with Gasteiger partial charge in [0.05, 0.1) is 17.3 Å². The molecular formula is C35H36ClN7O4. The summed E-state index contributed by atoms with van der Waals surface area (Å²) in [6.45, 7) is 2.04. The number of nitrogens with two attached hydrogens (primary N) is 1. The lowest BCUT2D eigenvalue weighted by Gasteiger charge is -2.48. The van der Waals surface area contributed by atoms with Crippen LogP contribution >= 0.6 is 11.6 Å². The number of likely N-dealkylation sites (tertiary alicyclic amines) is 2. The molecule has 1 amide bonds. The van der Waals surface area contributed by atoms with E-state index in [9.17, 15) is 19.5 Å². The van der Waals surface area contributed by atoms with Crippen LogP contribution in [-0.2, 0) is 16.0 Å². The molecule has 3 atom stereocenters. The number of tetrazole rings is 1. The van der Waals surface area contributed by atoms with Gasteiger partial charge in [-0.1, -0.05) is 54.1 Å². The van der Waals surface area contributed by atoms with E-state index in [-0.39, 0.29) is 41.7 Å². The van der Waals surface area contributed by atoms with E-state index >= 15 is 0 Å². The Bertz CT molecular complexity index is 1740. The lowest BCUT2D eigenvalue weighted by molar-refractivity contribution is -0.140. The molecule has 3 heterocycles. The summed E-state index contributed by atoms with van der Waals surface area (Å²) < 4.78 is 1.49. The maximum atomic E-state index is 14.3. The van der Waals surface area contributed by atoms with E-state index in [0.717, 1.165) is 31.5 Å². The Hall–Kier alpha value is -4.71. The second kappa shape index (κ2) is 14.4. The van der Waals surface area contributed by atoms with Crippen molar-refractivity contribution in [1.82, 2.24) is 30.0 Å². The van der Waals surface area contributed by atoms with Gasteiger partial charge in [0.15, 0.2) is 5.78 Å². The number of nitrogens with zero attached hydrogens (tertiary/aromatic N) is 6. The van der Waals surface area contributed by atoms with Gasteiger partial charge in [-0.3, -0.25) is 14.5 Å². The van der Waals surface area contributed by atoms with E-state index in [1.165, 1.54) is 29.2 Å². The van der Waals surface area contributed by atoms with Gasteiger partial charge in [0, 0.05) is 47.6 Å². The highest BCUT2D eigenvalue weighted by molar-refractivity contribution is 6.30. The van der Waals surface area contributed by atoms with Gasteiger partial charge in [-0.25, -0.2) is 4.79 Å². The van der Waals surface area contributed by atoms with Gasteiger partial charge in [0.2, 0.25) is 5.91 Å². The topological polar surface area (TPSA) is 148 Å². The Balaban J connectivity index is 1.36. The molecule has 12 heteroatoms. The zero-order chi connectivity index (χ0) is 32.9. The standard InChI is InChI=1S/C35H36ClN7O4/c36-27-11-12-31(43-22-38-39-40-43)26(19-27)10-13-33(45)42-21-29(41-16-14-28(37)15-17-41)20-30(24-4-2-1-3-5-24)34(42)32(44)18-23-6-8-25(9-7-23)35(46)47/h1-13,19,22,28-30,34H,14-18,20-21,37H2,(H,46,47)/b13-10+/t29-,30-,34-/m1/s1. The van der Waals surface area contributed by atoms with Crippen molar-refractivity contribution in [2.24, 2.45) is 5.73 Å². The number of aromatic nitrogens is 4. The van der Waals surface area contributed by atoms with Crippen LogP contribution in [0.4, 0.5) is 0 Å². The number of benzene rings is 3. The normalized spacial score (nSPS) is 20.8. The third-order valence-electron chi connectivity index (χ3n) is 9.15. The number of piperidine rings is 2. The van der Waals surface area contributed by atoms with E-state index < -0.39 is 12.0 Å². The minimum atomic E-state index is -1.03. The highest BCUT2D eigenvalue weighted by Gasteiger charge is 2.44. The second-order valence-electron chi connectivity index (χ2n) is 12.2. The Kier molecular flexibility index (Phi) is 9.86. The maximum absolute atomic E-state index is 14.3. The van der Waals surface area contributed by atoms with Crippen LogP contribution in [0, 0.1) is 0 Å². The number of carbonyl (C=O) groups excluding carboxylic acids is 2. The Morgan fingerprint density at radius 1 is 1.00 bits per heavy atom. The largest absolute Gasteiger partial charge is 0.478 e. The van der Waals surface area contributed by atoms with Crippen molar-refractivity contribution >= 4 is 35.3 Å². The lowest BCUT2D eigenvalue weighted by atomic mass is 9.77. The predicted molar refractivity (Wildman–Crippen MR) is 177 cm³/mol. The van der Waals surface area contributed by atoms with Crippen LogP contribution in [0.5, 0.6) is 0 Å². The quantitative estimate of drug-likeness (QED) is 0.256. The van der Waals surface area contributed by atoms with Crippen LogP contribution in [0.2, 0.25) is 5.02 Å². The fourth-order valence-electron chi connectivity index (χ4n) is 6.71. The smallest absolute Gasteiger partial charge is 0.335 e. The molecule has 0 saturated carbocycles. The molecule has 1 aromatic heterocycles. The van der Waals surface area contributed by atoms with Crippen LogP contribution < -0.4 is 5.73 Å². The fourth-order valence-corrected chi connectivity index (χ4v) is 6.89. The van der Waals surface area contributed by atoms with E-state index in [0.29, 0.717) is 34.8 Å². The molecule has 3 N–H and O–H groups in total.